The maximum Gasteiger partial charge on any atom is 0.307 e. The van der Waals surface area contributed by atoms with Crippen LogP contribution in [0.3, 0.4) is 0 Å². The number of furan rings is 1. The van der Waals surface area contributed by atoms with Crippen LogP contribution in [0.1, 0.15) is 80.1 Å². The number of nitrogens with one attached hydrogen (secondary N) is 1. The third kappa shape index (κ3) is 7.51. The summed E-state index contributed by atoms with van der Waals surface area (Å²) < 4.78 is 16.7. The molecule has 1 atom stereocenters. The van der Waals surface area contributed by atoms with Crippen LogP contribution >= 0.6 is 0 Å². The van der Waals surface area contributed by atoms with Gasteiger partial charge in [0.25, 0.3) is 5.91 Å². The fourth-order valence-corrected chi connectivity index (χ4v) is 4.45. The van der Waals surface area contributed by atoms with E-state index in [4.69, 9.17) is 13.9 Å². The molecule has 0 bridgehead atoms. The molecule has 3 aromatic rings. The molecular weight excluding hydrogens is 468 g/mol. The monoisotopic (exact) mass is 508 g/mol. The minimum Gasteiger partial charge on any atom is -0.497 e. The zero-order chi connectivity index (χ0) is 26.8. The average Bonchev–Trinajstić information content (AvgIpc) is 3.24. The number of unbranched alkanes of at least 4 members (excludes halogenated alkanes) is 3. The second-order valence-electron chi connectivity index (χ2n) is 9.36. The van der Waals surface area contributed by atoms with Gasteiger partial charge in [0.2, 0.25) is 0 Å². The van der Waals surface area contributed by atoms with Gasteiger partial charge in [-0.3, -0.25) is 9.59 Å². The highest BCUT2D eigenvalue weighted by molar-refractivity contribution is 5.94. The molecular formula is C30H40N2O5. The van der Waals surface area contributed by atoms with E-state index >= 15 is 0 Å². The van der Waals surface area contributed by atoms with Crippen molar-refractivity contribution in [1.29, 1.82) is 0 Å². The van der Waals surface area contributed by atoms with Crippen LogP contribution in [0.4, 0.5) is 5.69 Å². The number of nitrogens with zero attached hydrogens (tertiary/aromatic N) is 1. The van der Waals surface area contributed by atoms with E-state index in [0.717, 1.165) is 46.6 Å². The van der Waals surface area contributed by atoms with Crippen LogP contribution in [-0.2, 0) is 9.53 Å². The molecule has 1 amide bonds. The smallest absolute Gasteiger partial charge is 0.307 e. The van der Waals surface area contributed by atoms with Crippen molar-refractivity contribution in [2.45, 2.75) is 65.3 Å². The predicted molar refractivity (Wildman–Crippen MR) is 147 cm³/mol. The van der Waals surface area contributed by atoms with Crippen LogP contribution in [0, 0.1) is 6.92 Å². The second kappa shape index (κ2) is 13.7. The zero-order valence-corrected chi connectivity index (χ0v) is 22.8. The number of hydrogen-bond donors (Lipinski definition) is 1. The van der Waals surface area contributed by atoms with Crippen molar-refractivity contribution in [2.75, 3.05) is 32.6 Å². The number of amides is 1. The Hall–Kier alpha value is -3.48. The van der Waals surface area contributed by atoms with E-state index in [1.807, 2.05) is 42.5 Å². The SMILES string of the molecule is CCCCCCC(Nc1ccc(C(=O)N(C)CCC(=O)OCC)cc1)c1oc2ccc(OC)cc2c1C. The number of aryl methyl sites for hydroxylation is 1. The van der Waals surface area contributed by atoms with Crippen molar-refractivity contribution < 1.29 is 23.5 Å². The quantitative estimate of drug-likeness (QED) is 0.188. The van der Waals surface area contributed by atoms with Gasteiger partial charge in [0, 0.05) is 35.8 Å². The Labute approximate surface area is 220 Å². The molecule has 0 saturated heterocycles. The van der Waals surface area contributed by atoms with Gasteiger partial charge in [-0.05, 0) is 62.7 Å². The Morgan fingerprint density at radius 1 is 1.05 bits per heavy atom. The maximum atomic E-state index is 12.8. The van der Waals surface area contributed by atoms with Gasteiger partial charge in [-0.2, -0.15) is 0 Å². The summed E-state index contributed by atoms with van der Waals surface area (Å²) in [6.07, 6.45) is 5.78. The summed E-state index contributed by atoms with van der Waals surface area (Å²) in [7, 11) is 3.36. The number of carbonyl (C=O) groups excluding carboxylic acids is 2. The van der Waals surface area contributed by atoms with Gasteiger partial charge < -0.3 is 24.1 Å². The summed E-state index contributed by atoms with van der Waals surface area (Å²) in [4.78, 5) is 26.0. The van der Waals surface area contributed by atoms with Crippen LogP contribution in [0.5, 0.6) is 5.75 Å². The first-order valence-corrected chi connectivity index (χ1v) is 13.2. The maximum absolute atomic E-state index is 12.8. The molecule has 0 spiro atoms. The number of rotatable bonds is 14. The van der Waals surface area contributed by atoms with Crippen LogP contribution in [-0.4, -0.2) is 44.1 Å². The number of carbonyl (C=O) groups is 2. The number of methoxy groups -OCH3 is 1. The molecule has 0 aliphatic heterocycles. The molecule has 37 heavy (non-hydrogen) atoms. The van der Waals surface area contributed by atoms with Crippen LogP contribution in [0.15, 0.2) is 46.9 Å². The highest BCUT2D eigenvalue weighted by Gasteiger charge is 2.21. The first-order valence-electron chi connectivity index (χ1n) is 13.2. The van der Waals surface area contributed by atoms with Gasteiger partial charge in [-0.1, -0.05) is 32.6 Å². The molecule has 0 aliphatic rings. The fourth-order valence-electron chi connectivity index (χ4n) is 4.45. The van der Waals surface area contributed by atoms with E-state index in [2.05, 4.69) is 19.2 Å². The van der Waals surface area contributed by atoms with Crippen molar-refractivity contribution in [3.8, 4) is 5.75 Å². The van der Waals surface area contributed by atoms with Gasteiger partial charge in [0.15, 0.2) is 0 Å². The predicted octanol–water partition coefficient (Wildman–Crippen LogP) is 6.90. The van der Waals surface area contributed by atoms with Gasteiger partial charge in [0.1, 0.15) is 17.1 Å². The van der Waals surface area contributed by atoms with Crippen LogP contribution in [0.2, 0.25) is 0 Å². The summed E-state index contributed by atoms with van der Waals surface area (Å²) in [5.74, 6) is 1.31. The summed E-state index contributed by atoms with van der Waals surface area (Å²) in [5.41, 5.74) is 3.45. The van der Waals surface area contributed by atoms with Crippen LogP contribution in [0.25, 0.3) is 11.0 Å². The Bertz CT molecular complexity index is 1170. The van der Waals surface area contributed by atoms with Crippen molar-refractivity contribution in [2.24, 2.45) is 0 Å². The Kier molecular flexibility index (Phi) is 10.4. The minimum absolute atomic E-state index is 0.00375. The van der Waals surface area contributed by atoms with Crippen molar-refractivity contribution in [3.63, 3.8) is 0 Å². The van der Waals surface area contributed by atoms with E-state index < -0.39 is 0 Å². The number of ether oxygens (including phenoxy) is 2. The number of fused-ring (bicyclic) bond motifs is 1. The summed E-state index contributed by atoms with van der Waals surface area (Å²) >= 11 is 0. The Morgan fingerprint density at radius 3 is 2.49 bits per heavy atom. The van der Waals surface area contributed by atoms with E-state index in [-0.39, 0.29) is 24.3 Å². The summed E-state index contributed by atoms with van der Waals surface area (Å²) in [6, 6.07) is 13.4. The lowest BCUT2D eigenvalue weighted by atomic mass is 10.0. The average molecular weight is 509 g/mol. The lowest BCUT2D eigenvalue weighted by Crippen LogP contribution is -2.29. The van der Waals surface area contributed by atoms with Crippen molar-refractivity contribution in [3.05, 3.63) is 59.4 Å². The number of benzene rings is 2. The first-order chi connectivity index (χ1) is 17.9. The second-order valence-corrected chi connectivity index (χ2v) is 9.36. The third-order valence-corrected chi connectivity index (χ3v) is 6.62. The molecule has 0 fully saturated rings. The molecule has 1 aromatic heterocycles. The summed E-state index contributed by atoms with van der Waals surface area (Å²) in [5, 5.41) is 4.70. The fraction of sp³-hybridized carbons (Fsp3) is 0.467. The zero-order valence-electron chi connectivity index (χ0n) is 22.8. The lowest BCUT2D eigenvalue weighted by Gasteiger charge is -2.20. The van der Waals surface area contributed by atoms with Crippen molar-refractivity contribution >= 4 is 28.5 Å². The molecule has 3 rings (SSSR count). The minimum atomic E-state index is -0.300. The number of hydrogen-bond acceptors (Lipinski definition) is 6. The molecule has 0 aliphatic carbocycles. The first kappa shape index (κ1) is 28.1. The summed E-state index contributed by atoms with van der Waals surface area (Å²) in [6.45, 7) is 6.73. The lowest BCUT2D eigenvalue weighted by molar-refractivity contribution is -0.143. The molecule has 1 N–H and O–H groups in total. The van der Waals surface area contributed by atoms with Gasteiger partial charge >= 0.3 is 5.97 Å². The normalized spacial score (nSPS) is 11.8. The van der Waals surface area contributed by atoms with E-state index in [0.29, 0.717) is 18.7 Å². The molecule has 7 heteroatoms. The van der Waals surface area contributed by atoms with E-state index in [1.165, 1.54) is 19.3 Å². The Morgan fingerprint density at radius 2 is 1.81 bits per heavy atom. The number of anilines is 1. The van der Waals surface area contributed by atoms with Gasteiger partial charge in [-0.25, -0.2) is 0 Å². The molecule has 1 unspecified atom stereocenters. The van der Waals surface area contributed by atoms with Crippen LogP contribution < -0.4 is 10.1 Å². The van der Waals surface area contributed by atoms with Gasteiger partial charge in [-0.15, -0.1) is 0 Å². The Balaban J connectivity index is 1.75. The molecule has 200 valence electrons. The standard InChI is InChI=1S/C30H40N2O5/c1-6-8-9-10-11-26(29-21(3)25-20-24(35-5)16-17-27(25)37-29)31-23-14-12-22(13-15-23)30(34)32(4)19-18-28(33)36-7-2/h12-17,20,26,31H,6-11,18-19H2,1-5H3. The largest absolute Gasteiger partial charge is 0.497 e. The number of esters is 1. The molecule has 2 aromatic carbocycles. The van der Waals surface area contributed by atoms with E-state index in [1.54, 1.807) is 26.0 Å². The molecule has 1 heterocycles. The molecule has 7 nitrogen and oxygen atoms in total. The highest BCUT2D eigenvalue weighted by Crippen LogP contribution is 2.35. The van der Waals surface area contributed by atoms with Crippen molar-refractivity contribution in [1.82, 2.24) is 4.90 Å². The highest BCUT2D eigenvalue weighted by atomic mass is 16.5. The third-order valence-electron chi connectivity index (χ3n) is 6.62. The molecule has 0 saturated carbocycles. The molecule has 0 radical (unpaired) electrons. The van der Waals surface area contributed by atoms with Gasteiger partial charge in [0.05, 0.1) is 26.2 Å². The van der Waals surface area contributed by atoms with E-state index in [9.17, 15) is 9.59 Å². The topological polar surface area (TPSA) is 81.0 Å².